The number of nitrogens with zero attached hydrogens (tertiary/aromatic N) is 2. The Bertz CT molecular complexity index is 1080. The van der Waals surface area contributed by atoms with Crippen LogP contribution in [0.3, 0.4) is 0 Å². The van der Waals surface area contributed by atoms with Crippen molar-refractivity contribution in [2.24, 2.45) is 0 Å². The number of sulfonamides is 1. The first kappa shape index (κ1) is 20.4. The van der Waals surface area contributed by atoms with E-state index in [1.165, 1.54) is 36.4 Å². The summed E-state index contributed by atoms with van der Waals surface area (Å²) in [6.07, 6.45) is 0. The number of nitrogens with one attached hydrogen (secondary N) is 2. The molecule has 0 aromatic heterocycles. The van der Waals surface area contributed by atoms with Gasteiger partial charge in [-0.05, 0) is 37.3 Å². The molecule has 10 nitrogen and oxygen atoms in total. The fourth-order valence-corrected chi connectivity index (χ4v) is 4.23. The van der Waals surface area contributed by atoms with E-state index in [0.717, 1.165) is 4.31 Å². The number of nitro benzene ring substituents is 1. The molecule has 2 aromatic carbocycles. The van der Waals surface area contributed by atoms with Gasteiger partial charge in [-0.1, -0.05) is 6.07 Å². The number of rotatable bonds is 5. The van der Waals surface area contributed by atoms with E-state index in [9.17, 15) is 28.1 Å². The standard InChI is InChI=1S/C18H18N4O6S/c1-12-2-5-14(10-16(12)22(25)26)20-18(24)13-3-6-15(7-4-13)29(27,28)21-9-8-19-17(23)11-21/h2-7,10H,8-9,11H2,1H3,(H,19,23)(H,20,24). The molecule has 1 aliphatic heterocycles. The molecule has 2 aromatic rings. The Labute approximate surface area is 166 Å². The average molecular weight is 418 g/mol. The number of amides is 2. The summed E-state index contributed by atoms with van der Waals surface area (Å²) in [4.78, 5) is 34.3. The fourth-order valence-electron chi connectivity index (χ4n) is 2.83. The first-order valence-electron chi connectivity index (χ1n) is 8.62. The maximum atomic E-state index is 12.6. The van der Waals surface area contributed by atoms with Crippen LogP contribution in [-0.2, 0) is 14.8 Å². The SMILES string of the molecule is Cc1ccc(NC(=O)c2ccc(S(=O)(=O)N3CCNC(=O)C3)cc2)cc1[N+](=O)[O-]. The third kappa shape index (κ3) is 4.41. The van der Waals surface area contributed by atoms with E-state index < -0.39 is 20.9 Å². The van der Waals surface area contributed by atoms with E-state index in [2.05, 4.69) is 10.6 Å². The lowest BCUT2D eigenvalue weighted by Crippen LogP contribution is -2.49. The van der Waals surface area contributed by atoms with Crippen molar-refractivity contribution >= 4 is 33.2 Å². The van der Waals surface area contributed by atoms with E-state index in [0.29, 0.717) is 5.56 Å². The summed E-state index contributed by atoms with van der Waals surface area (Å²) in [5.41, 5.74) is 0.788. The number of hydrogen-bond donors (Lipinski definition) is 2. The third-order valence-corrected chi connectivity index (χ3v) is 6.28. The minimum absolute atomic E-state index is 0.0327. The zero-order valence-electron chi connectivity index (χ0n) is 15.4. The highest BCUT2D eigenvalue weighted by Crippen LogP contribution is 2.23. The molecule has 0 radical (unpaired) electrons. The number of anilines is 1. The van der Waals surface area contributed by atoms with Crippen molar-refractivity contribution in [3.63, 3.8) is 0 Å². The Morgan fingerprint density at radius 3 is 2.52 bits per heavy atom. The summed E-state index contributed by atoms with van der Waals surface area (Å²) in [6.45, 7) is 1.75. The molecule has 152 valence electrons. The topological polar surface area (TPSA) is 139 Å². The maximum absolute atomic E-state index is 12.6. The lowest BCUT2D eigenvalue weighted by molar-refractivity contribution is -0.385. The Kier molecular flexibility index (Phi) is 5.62. The van der Waals surface area contributed by atoms with Gasteiger partial charge >= 0.3 is 0 Å². The number of piperazine rings is 1. The molecule has 1 fully saturated rings. The number of carbonyl (C=O) groups is 2. The maximum Gasteiger partial charge on any atom is 0.274 e. The number of benzene rings is 2. The average Bonchev–Trinajstić information content (AvgIpc) is 2.69. The molecular formula is C18H18N4O6S. The van der Waals surface area contributed by atoms with Crippen LogP contribution in [0.2, 0.25) is 0 Å². The Hall–Kier alpha value is -3.31. The van der Waals surface area contributed by atoms with Crippen LogP contribution < -0.4 is 10.6 Å². The van der Waals surface area contributed by atoms with Crippen LogP contribution in [0.15, 0.2) is 47.4 Å². The van der Waals surface area contributed by atoms with Gasteiger partial charge in [0.1, 0.15) is 0 Å². The summed E-state index contributed by atoms with van der Waals surface area (Å²) in [7, 11) is -3.85. The van der Waals surface area contributed by atoms with Gasteiger partial charge in [-0.25, -0.2) is 8.42 Å². The number of aryl methyl sites for hydroxylation is 1. The molecule has 0 bridgehead atoms. The number of hydrogen-bond acceptors (Lipinski definition) is 6. The highest BCUT2D eigenvalue weighted by atomic mass is 32.2. The van der Waals surface area contributed by atoms with Gasteiger partial charge in [-0.15, -0.1) is 0 Å². The van der Waals surface area contributed by atoms with Gasteiger partial charge in [0.15, 0.2) is 0 Å². The molecule has 1 aliphatic rings. The zero-order valence-corrected chi connectivity index (χ0v) is 16.2. The van der Waals surface area contributed by atoms with Crippen molar-refractivity contribution in [1.29, 1.82) is 0 Å². The third-order valence-electron chi connectivity index (χ3n) is 4.42. The highest BCUT2D eigenvalue weighted by Gasteiger charge is 2.29. The Morgan fingerprint density at radius 1 is 1.21 bits per heavy atom. The second-order valence-electron chi connectivity index (χ2n) is 6.43. The van der Waals surface area contributed by atoms with E-state index >= 15 is 0 Å². The van der Waals surface area contributed by atoms with Gasteiger partial charge in [-0.3, -0.25) is 19.7 Å². The van der Waals surface area contributed by atoms with Crippen LogP contribution in [0, 0.1) is 17.0 Å². The van der Waals surface area contributed by atoms with Crippen LogP contribution in [0.25, 0.3) is 0 Å². The van der Waals surface area contributed by atoms with Gasteiger partial charge < -0.3 is 10.6 Å². The molecule has 1 heterocycles. The molecule has 2 amide bonds. The highest BCUT2D eigenvalue weighted by molar-refractivity contribution is 7.89. The fraction of sp³-hybridized carbons (Fsp3) is 0.222. The minimum atomic E-state index is -3.85. The summed E-state index contributed by atoms with van der Waals surface area (Å²) in [5.74, 6) is -0.910. The van der Waals surface area contributed by atoms with Crippen LogP contribution in [0.5, 0.6) is 0 Å². The second-order valence-corrected chi connectivity index (χ2v) is 8.36. The minimum Gasteiger partial charge on any atom is -0.354 e. The lowest BCUT2D eigenvalue weighted by atomic mass is 10.1. The molecule has 0 unspecified atom stereocenters. The van der Waals surface area contributed by atoms with Gasteiger partial charge in [0.2, 0.25) is 15.9 Å². The molecule has 11 heteroatoms. The van der Waals surface area contributed by atoms with Crippen molar-refractivity contribution < 1.29 is 22.9 Å². The number of carbonyl (C=O) groups excluding carboxylic acids is 2. The zero-order chi connectivity index (χ0) is 21.2. The Balaban J connectivity index is 1.76. The van der Waals surface area contributed by atoms with Crippen LogP contribution in [-0.4, -0.2) is 49.1 Å². The second kappa shape index (κ2) is 7.97. The van der Waals surface area contributed by atoms with Crippen molar-refractivity contribution in [2.75, 3.05) is 25.0 Å². The van der Waals surface area contributed by atoms with Gasteiger partial charge in [-0.2, -0.15) is 4.31 Å². The molecule has 3 rings (SSSR count). The predicted octanol–water partition coefficient (Wildman–Crippen LogP) is 1.28. The van der Waals surface area contributed by atoms with Crippen molar-refractivity contribution in [1.82, 2.24) is 9.62 Å². The molecule has 0 spiro atoms. The van der Waals surface area contributed by atoms with E-state index in [4.69, 9.17) is 0 Å². The molecular weight excluding hydrogens is 400 g/mol. The van der Waals surface area contributed by atoms with E-state index in [1.54, 1.807) is 13.0 Å². The molecule has 2 N–H and O–H groups in total. The Morgan fingerprint density at radius 2 is 1.90 bits per heavy atom. The predicted molar refractivity (Wildman–Crippen MR) is 104 cm³/mol. The largest absolute Gasteiger partial charge is 0.354 e. The quantitative estimate of drug-likeness (QED) is 0.554. The molecule has 0 aliphatic carbocycles. The van der Waals surface area contributed by atoms with Gasteiger partial charge in [0, 0.05) is 36.0 Å². The van der Waals surface area contributed by atoms with E-state index in [1.807, 2.05) is 0 Å². The van der Waals surface area contributed by atoms with Crippen molar-refractivity contribution in [3.05, 3.63) is 63.7 Å². The molecule has 0 atom stereocenters. The van der Waals surface area contributed by atoms with Gasteiger partial charge in [0.25, 0.3) is 11.6 Å². The summed E-state index contributed by atoms with van der Waals surface area (Å²) in [6, 6.07) is 9.58. The summed E-state index contributed by atoms with van der Waals surface area (Å²) >= 11 is 0. The molecule has 29 heavy (non-hydrogen) atoms. The van der Waals surface area contributed by atoms with Crippen molar-refractivity contribution in [2.45, 2.75) is 11.8 Å². The first-order valence-corrected chi connectivity index (χ1v) is 10.1. The van der Waals surface area contributed by atoms with Crippen LogP contribution in [0.4, 0.5) is 11.4 Å². The van der Waals surface area contributed by atoms with Crippen LogP contribution in [0.1, 0.15) is 15.9 Å². The first-order chi connectivity index (χ1) is 13.7. The smallest absolute Gasteiger partial charge is 0.274 e. The van der Waals surface area contributed by atoms with Crippen LogP contribution >= 0.6 is 0 Å². The molecule has 1 saturated heterocycles. The molecule has 0 saturated carbocycles. The van der Waals surface area contributed by atoms with E-state index in [-0.39, 0.29) is 47.4 Å². The monoisotopic (exact) mass is 418 g/mol. The number of nitro groups is 1. The van der Waals surface area contributed by atoms with Crippen molar-refractivity contribution in [3.8, 4) is 0 Å². The normalized spacial score (nSPS) is 14.9. The lowest BCUT2D eigenvalue weighted by Gasteiger charge is -2.25. The summed E-state index contributed by atoms with van der Waals surface area (Å²) in [5, 5.41) is 16.1. The summed E-state index contributed by atoms with van der Waals surface area (Å²) < 4.78 is 26.3. The van der Waals surface area contributed by atoms with Gasteiger partial charge in [0.05, 0.1) is 16.4 Å².